The Kier molecular flexibility index (Phi) is 10.6. The Morgan fingerprint density at radius 2 is 0.698 bits per heavy atom. The molecule has 86 heavy (non-hydrogen) atoms. The Bertz CT molecular complexity index is 5510. The lowest BCUT2D eigenvalue weighted by Gasteiger charge is -2.26. The summed E-state index contributed by atoms with van der Waals surface area (Å²) in [6.45, 7) is 23.6. The molecule has 416 valence electrons. The highest BCUT2D eigenvalue weighted by atomic mass is 28.3. The lowest BCUT2D eigenvalue weighted by Crippen LogP contribution is -2.39. The van der Waals surface area contributed by atoms with Crippen LogP contribution in [0.5, 0.6) is 0 Å². The van der Waals surface area contributed by atoms with Crippen molar-refractivity contribution in [3.05, 3.63) is 170 Å². The Hall–Kier alpha value is -9.63. The molecule has 12 heteroatoms. The summed E-state index contributed by atoms with van der Waals surface area (Å²) >= 11 is 0. The molecule has 0 bridgehead atoms. The summed E-state index contributed by atoms with van der Waals surface area (Å²) in [6, 6.07) is 43.1. The molecule has 10 aromatic carbocycles. The molecule has 0 aliphatic rings. The van der Waals surface area contributed by atoms with Gasteiger partial charge >= 0.3 is 0 Å². The first kappa shape index (κ1) is 50.8. The molecule has 0 saturated carbocycles. The Morgan fingerprint density at radius 1 is 0.337 bits per heavy atom. The van der Waals surface area contributed by atoms with E-state index in [-0.39, 0.29) is 0 Å². The van der Waals surface area contributed by atoms with Crippen LogP contribution in [0, 0.1) is 0 Å². The second-order valence-corrected chi connectivity index (χ2v) is 36.3. The molecule has 0 aliphatic carbocycles. The minimum atomic E-state index is -1.91. The van der Waals surface area contributed by atoms with Gasteiger partial charge < -0.3 is 17.7 Å². The van der Waals surface area contributed by atoms with Gasteiger partial charge in [0.2, 0.25) is 0 Å². The molecule has 0 atom stereocenters. The maximum atomic E-state index is 6.74. The maximum Gasteiger partial charge on any atom is 0.172 e. The number of aromatic nitrogens is 6. The maximum absolute atomic E-state index is 6.74. The van der Waals surface area contributed by atoms with Crippen LogP contribution in [0.2, 0.25) is 39.3 Å². The molecule has 8 aromatic heterocycles. The molecule has 0 saturated heterocycles. The first-order valence-corrected chi connectivity index (χ1v) is 36.7. The van der Waals surface area contributed by atoms with Gasteiger partial charge in [-0.25, -0.2) is 19.9 Å². The minimum Gasteiger partial charge on any atom is -0.455 e. The molecule has 18 rings (SSSR count). The van der Waals surface area contributed by atoms with E-state index >= 15 is 0 Å². The molecule has 0 radical (unpaired) electrons. The van der Waals surface area contributed by atoms with Gasteiger partial charge in [-0.05, 0) is 93.0 Å². The fraction of sp³-hybridized carbons (Fsp3) is 0.162. The lowest BCUT2D eigenvalue weighted by atomic mass is 9.83. The van der Waals surface area contributed by atoms with Crippen LogP contribution in [0.4, 0.5) is 0 Å². The van der Waals surface area contributed by atoms with Gasteiger partial charge in [0.15, 0.2) is 22.8 Å². The number of fused-ring (bicyclic) bond motifs is 16. The van der Waals surface area contributed by atoms with E-state index in [4.69, 9.17) is 37.6 Å². The number of benzene rings is 10. The van der Waals surface area contributed by atoms with Gasteiger partial charge in [-0.1, -0.05) is 150 Å². The summed E-state index contributed by atoms with van der Waals surface area (Å²) < 4.78 is 26.5. The smallest absolute Gasteiger partial charge is 0.172 e. The zero-order valence-electron chi connectivity index (χ0n) is 49.5. The van der Waals surface area contributed by atoms with E-state index in [1.54, 1.807) is 12.4 Å². The molecule has 0 aliphatic heterocycles. The lowest BCUT2D eigenvalue weighted by molar-refractivity contribution is 0.669. The molecule has 8 heterocycles. The molecule has 18 aromatic rings. The van der Waals surface area contributed by atoms with Crippen LogP contribution in [-0.4, -0.2) is 46.1 Å². The zero-order valence-corrected chi connectivity index (χ0v) is 51.5. The second-order valence-electron chi connectivity index (χ2n) is 26.2. The van der Waals surface area contributed by atoms with Crippen LogP contribution in [0.25, 0.3) is 175 Å². The standard InChI is InChI=1S/C42H34N4O2Si2.C32H24N2O2/c1-49(2,3)33-19-27-36-26(18-30-38-32(47-39(27)30)22-44-42(46-38)24-15-11-8-12-16-24)34(50(4,5)6)20-28-35(36)25(33)17-29-37-31(48-40(28)29)21-43-41(45-37)23-13-9-7-10-14-23;1-15(2)17-9-23-30-20(12-22-26-14-34-8-6-28(26)35-31(22)23)18(16(3)4)10-24-29(30)19(17)11-21-25-13-33-7-5-27(25)36-32(21)24/h7-22H,1-6H3;5-16H,1-4H3. The molecule has 0 unspecified atom stereocenters. The van der Waals surface area contributed by atoms with Crippen LogP contribution in [0.15, 0.2) is 176 Å². The highest BCUT2D eigenvalue weighted by molar-refractivity contribution is 6.92. The first-order chi connectivity index (χ1) is 41.6. The van der Waals surface area contributed by atoms with Gasteiger partial charge in [0, 0.05) is 111 Å². The second kappa shape index (κ2) is 18.0. The molecular formula is C74H58N6O4Si2. The van der Waals surface area contributed by atoms with E-state index in [0.717, 1.165) is 98.7 Å². The van der Waals surface area contributed by atoms with Crippen LogP contribution >= 0.6 is 0 Å². The van der Waals surface area contributed by atoms with Crippen LogP contribution in [0.3, 0.4) is 0 Å². The van der Waals surface area contributed by atoms with Crippen molar-refractivity contribution >= 4 is 179 Å². The fourth-order valence-electron chi connectivity index (χ4n) is 14.1. The first-order valence-electron chi connectivity index (χ1n) is 29.7. The average Bonchev–Trinajstić information content (AvgIpc) is 1.25. The topological polar surface area (TPSA) is 130 Å². The molecule has 0 fully saturated rings. The number of furan rings is 4. The van der Waals surface area contributed by atoms with Crippen molar-refractivity contribution < 1.29 is 17.7 Å². The number of hydrogen-bond donors (Lipinski definition) is 0. The van der Waals surface area contributed by atoms with Crippen LogP contribution in [0.1, 0.15) is 50.7 Å². The van der Waals surface area contributed by atoms with E-state index in [1.807, 2.05) is 73.3 Å². The van der Waals surface area contributed by atoms with Crippen molar-refractivity contribution in [3.8, 4) is 22.8 Å². The van der Waals surface area contributed by atoms with Gasteiger partial charge in [-0.2, -0.15) is 0 Å². The van der Waals surface area contributed by atoms with E-state index in [0.29, 0.717) is 34.7 Å². The predicted molar refractivity (Wildman–Crippen MR) is 361 cm³/mol. The van der Waals surface area contributed by atoms with E-state index < -0.39 is 16.1 Å². The summed E-state index contributed by atoms with van der Waals surface area (Å²) in [6.07, 6.45) is 11.1. The number of nitrogens with zero attached hydrogens (tertiary/aromatic N) is 6. The fourth-order valence-corrected chi connectivity index (χ4v) is 17.2. The Balaban J connectivity index is 0.000000142. The highest BCUT2D eigenvalue weighted by Gasteiger charge is 2.32. The van der Waals surface area contributed by atoms with Gasteiger partial charge in [0.1, 0.15) is 44.5 Å². The SMILES string of the molecule is CC(C)c1cc2c3oc4ccncc4c3cc3c(C(C)C)cc4c5oc6ccncc6c5cc1c4c32.C[Si](C)(C)c1cc2c3oc4cnc(-c5ccccc5)nc4c3cc3c([Si](C)(C)C)cc4c5oc6cnc(-c7ccccc7)nc6c5cc1c4c32. The quantitative estimate of drug-likeness (QED) is 0.117. The number of hydrogen-bond acceptors (Lipinski definition) is 10. The number of rotatable bonds is 6. The third-order valence-electron chi connectivity index (χ3n) is 18.1. The summed E-state index contributed by atoms with van der Waals surface area (Å²) in [7, 11) is -3.81. The minimum absolute atomic E-state index is 0.344. The van der Waals surface area contributed by atoms with E-state index in [2.05, 4.69) is 150 Å². The third kappa shape index (κ3) is 7.29. The molecular weight excluding hydrogens is 1090 g/mol. The summed E-state index contributed by atoms with van der Waals surface area (Å²) in [5.41, 5.74) is 13.1. The molecule has 0 amide bonds. The average molecular weight is 1150 g/mol. The van der Waals surface area contributed by atoms with E-state index in [9.17, 15) is 0 Å². The van der Waals surface area contributed by atoms with Gasteiger partial charge in [0.25, 0.3) is 0 Å². The summed E-state index contributed by atoms with van der Waals surface area (Å²) in [4.78, 5) is 28.5. The van der Waals surface area contributed by atoms with Crippen molar-refractivity contribution in [2.75, 3.05) is 0 Å². The number of pyridine rings is 2. The van der Waals surface area contributed by atoms with Crippen molar-refractivity contribution in [1.29, 1.82) is 0 Å². The van der Waals surface area contributed by atoms with Gasteiger partial charge in [-0.15, -0.1) is 0 Å². The Labute approximate surface area is 495 Å². The van der Waals surface area contributed by atoms with Crippen molar-refractivity contribution in [2.24, 2.45) is 0 Å². The molecule has 0 N–H and O–H groups in total. The zero-order chi connectivity index (χ0) is 58.4. The normalized spacial score (nSPS) is 13.0. The van der Waals surface area contributed by atoms with Crippen molar-refractivity contribution in [3.63, 3.8) is 0 Å². The van der Waals surface area contributed by atoms with Crippen molar-refractivity contribution in [2.45, 2.75) is 78.8 Å². The summed E-state index contributed by atoms with van der Waals surface area (Å²) in [5.74, 6) is 2.09. The van der Waals surface area contributed by atoms with Crippen LogP contribution in [-0.2, 0) is 0 Å². The van der Waals surface area contributed by atoms with Gasteiger partial charge in [0.05, 0.1) is 28.5 Å². The monoisotopic (exact) mass is 1150 g/mol. The predicted octanol–water partition coefficient (Wildman–Crippen LogP) is 19.8. The molecule has 0 spiro atoms. The largest absolute Gasteiger partial charge is 0.455 e. The Morgan fingerprint density at radius 3 is 1.09 bits per heavy atom. The third-order valence-corrected chi connectivity index (χ3v) is 22.1. The molecule has 10 nitrogen and oxygen atoms in total. The highest BCUT2D eigenvalue weighted by Crippen LogP contribution is 2.50. The van der Waals surface area contributed by atoms with Crippen LogP contribution < -0.4 is 10.4 Å². The van der Waals surface area contributed by atoms with Crippen molar-refractivity contribution in [1.82, 2.24) is 29.9 Å². The van der Waals surface area contributed by atoms with Gasteiger partial charge in [-0.3, -0.25) is 9.97 Å². The summed E-state index contributed by atoms with van der Waals surface area (Å²) in [5, 5.41) is 23.9. The van der Waals surface area contributed by atoms with E-state index in [1.165, 1.54) is 75.4 Å².